The molecule has 3 heterocycles. The topological polar surface area (TPSA) is 93.8 Å². The molecule has 0 saturated carbocycles. The molecule has 31 heavy (non-hydrogen) atoms. The Morgan fingerprint density at radius 3 is 2.48 bits per heavy atom. The predicted octanol–water partition coefficient (Wildman–Crippen LogP) is 2.62. The molecule has 0 spiro atoms. The average molecular weight is 426 g/mol. The molecule has 8 nitrogen and oxygen atoms in total. The number of nitrogens with two attached hydrogens (primary N) is 1. The van der Waals surface area contributed by atoms with Gasteiger partial charge in [0.15, 0.2) is 11.5 Å². The molecule has 0 bridgehead atoms. The van der Waals surface area contributed by atoms with Gasteiger partial charge in [-0.25, -0.2) is 4.98 Å². The van der Waals surface area contributed by atoms with Gasteiger partial charge >= 0.3 is 0 Å². The molecule has 2 aliphatic heterocycles. The van der Waals surface area contributed by atoms with Gasteiger partial charge < -0.3 is 25.0 Å². The van der Waals surface area contributed by atoms with E-state index in [0.29, 0.717) is 6.61 Å². The molecule has 1 aromatic heterocycles. The summed E-state index contributed by atoms with van der Waals surface area (Å²) in [6, 6.07) is 7.82. The summed E-state index contributed by atoms with van der Waals surface area (Å²) >= 11 is 0. The second-order valence-corrected chi connectivity index (χ2v) is 8.11. The Bertz CT molecular complexity index is 885. The number of rotatable bonds is 7. The third kappa shape index (κ3) is 5.18. The maximum Gasteiger partial charge on any atom is 0.220 e. The number of aromatic nitrogens is 2. The highest BCUT2D eigenvalue weighted by atomic mass is 16.5. The van der Waals surface area contributed by atoms with Crippen molar-refractivity contribution in [3.63, 3.8) is 0 Å². The van der Waals surface area contributed by atoms with Crippen LogP contribution in [-0.4, -0.2) is 54.8 Å². The van der Waals surface area contributed by atoms with Crippen LogP contribution in [0.3, 0.4) is 0 Å². The summed E-state index contributed by atoms with van der Waals surface area (Å²) in [5.74, 6) is 3.04. The molecule has 1 unspecified atom stereocenters. The first-order valence-corrected chi connectivity index (χ1v) is 11.1. The van der Waals surface area contributed by atoms with E-state index in [2.05, 4.69) is 14.8 Å². The standard InChI is InChI=1S/C23H31N5O3/c1-2-30-19-7-3-4-8-20(19)31-18-6-5-11-28(16-18)22-15-25-14-21(26-22)27-12-9-17(10-13-27)23(24)29/h3-4,7-8,14-15,17-18H,2,5-6,9-13,16H2,1H3,(H2,24,29). The monoisotopic (exact) mass is 425 g/mol. The van der Waals surface area contributed by atoms with E-state index in [4.69, 9.17) is 20.2 Å². The van der Waals surface area contributed by atoms with Crippen LogP contribution in [0.2, 0.25) is 0 Å². The lowest BCUT2D eigenvalue weighted by atomic mass is 9.96. The molecule has 2 aliphatic rings. The first-order valence-electron chi connectivity index (χ1n) is 11.1. The fraction of sp³-hybridized carbons (Fsp3) is 0.522. The lowest BCUT2D eigenvalue weighted by Gasteiger charge is -2.35. The van der Waals surface area contributed by atoms with Crippen molar-refractivity contribution in [2.45, 2.75) is 38.7 Å². The maximum absolute atomic E-state index is 11.4. The van der Waals surface area contributed by atoms with Crippen LogP contribution in [0.1, 0.15) is 32.6 Å². The minimum atomic E-state index is -0.204. The number of primary amides is 1. The van der Waals surface area contributed by atoms with Crippen molar-refractivity contribution in [1.82, 2.24) is 9.97 Å². The van der Waals surface area contributed by atoms with Crippen LogP contribution in [0, 0.1) is 5.92 Å². The highest BCUT2D eigenvalue weighted by molar-refractivity contribution is 5.77. The molecule has 1 aromatic carbocycles. The van der Waals surface area contributed by atoms with E-state index >= 15 is 0 Å². The van der Waals surface area contributed by atoms with E-state index in [1.165, 1.54) is 0 Å². The number of hydrogen-bond donors (Lipinski definition) is 1. The first kappa shape index (κ1) is 21.2. The number of nitrogens with zero attached hydrogens (tertiary/aromatic N) is 4. The molecule has 0 aliphatic carbocycles. The van der Waals surface area contributed by atoms with E-state index in [9.17, 15) is 4.79 Å². The van der Waals surface area contributed by atoms with Gasteiger partial charge in [0.25, 0.3) is 0 Å². The SMILES string of the molecule is CCOc1ccccc1OC1CCCN(c2cncc(N3CCC(C(N)=O)CC3)n2)C1. The largest absolute Gasteiger partial charge is 0.490 e. The van der Waals surface area contributed by atoms with Gasteiger partial charge in [0.05, 0.1) is 25.5 Å². The number of anilines is 2. The van der Waals surface area contributed by atoms with Crippen molar-refractivity contribution >= 4 is 17.5 Å². The third-order valence-corrected chi connectivity index (χ3v) is 5.98. The van der Waals surface area contributed by atoms with Gasteiger partial charge in [-0.05, 0) is 44.7 Å². The van der Waals surface area contributed by atoms with Gasteiger partial charge in [0, 0.05) is 25.6 Å². The lowest BCUT2D eigenvalue weighted by molar-refractivity contribution is -0.122. The number of ether oxygens (including phenoxy) is 2. The van der Waals surface area contributed by atoms with Crippen LogP contribution in [0.15, 0.2) is 36.7 Å². The predicted molar refractivity (Wildman–Crippen MR) is 120 cm³/mol. The van der Waals surface area contributed by atoms with Gasteiger partial charge in [0.1, 0.15) is 17.7 Å². The molecular weight excluding hydrogens is 394 g/mol. The van der Waals surface area contributed by atoms with Crippen LogP contribution >= 0.6 is 0 Å². The molecule has 2 N–H and O–H groups in total. The Balaban J connectivity index is 1.41. The molecule has 8 heteroatoms. The van der Waals surface area contributed by atoms with E-state index < -0.39 is 0 Å². The molecule has 4 rings (SSSR count). The minimum absolute atomic E-state index is 0.0352. The number of amides is 1. The molecule has 2 fully saturated rings. The van der Waals surface area contributed by atoms with E-state index in [0.717, 1.165) is 75.0 Å². The van der Waals surface area contributed by atoms with E-state index in [-0.39, 0.29) is 17.9 Å². The van der Waals surface area contributed by atoms with Crippen molar-refractivity contribution in [3.8, 4) is 11.5 Å². The first-order chi connectivity index (χ1) is 15.1. The zero-order valence-corrected chi connectivity index (χ0v) is 18.1. The second-order valence-electron chi connectivity index (χ2n) is 8.11. The van der Waals surface area contributed by atoms with Crippen LogP contribution in [-0.2, 0) is 4.79 Å². The van der Waals surface area contributed by atoms with Gasteiger partial charge in [-0.2, -0.15) is 0 Å². The Kier molecular flexibility index (Phi) is 6.74. The Morgan fingerprint density at radius 2 is 1.77 bits per heavy atom. The van der Waals surface area contributed by atoms with Crippen LogP contribution in [0.4, 0.5) is 11.6 Å². The Labute approximate surface area is 183 Å². The third-order valence-electron chi connectivity index (χ3n) is 5.98. The van der Waals surface area contributed by atoms with E-state index in [1.54, 1.807) is 6.20 Å². The highest BCUT2D eigenvalue weighted by Crippen LogP contribution is 2.30. The van der Waals surface area contributed by atoms with Crippen molar-refractivity contribution in [1.29, 1.82) is 0 Å². The number of piperidine rings is 2. The quantitative estimate of drug-likeness (QED) is 0.729. The zero-order valence-electron chi connectivity index (χ0n) is 18.1. The summed E-state index contributed by atoms with van der Waals surface area (Å²) in [6.07, 6.45) is 7.22. The van der Waals surface area contributed by atoms with E-state index in [1.807, 2.05) is 37.4 Å². The fourth-order valence-corrected chi connectivity index (χ4v) is 4.29. The van der Waals surface area contributed by atoms with Crippen LogP contribution in [0.25, 0.3) is 0 Å². The van der Waals surface area contributed by atoms with Crippen molar-refractivity contribution in [3.05, 3.63) is 36.7 Å². The second kappa shape index (κ2) is 9.85. The molecule has 1 atom stereocenters. The van der Waals surface area contributed by atoms with Crippen molar-refractivity contribution in [2.24, 2.45) is 11.7 Å². The fourth-order valence-electron chi connectivity index (χ4n) is 4.29. The summed E-state index contributed by atoms with van der Waals surface area (Å²) in [7, 11) is 0. The molecule has 1 amide bonds. The number of carbonyl (C=O) groups is 1. The van der Waals surface area contributed by atoms with Crippen molar-refractivity contribution in [2.75, 3.05) is 42.6 Å². The van der Waals surface area contributed by atoms with Crippen molar-refractivity contribution < 1.29 is 14.3 Å². The average Bonchev–Trinajstić information content (AvgIpc) is 2.81. The number of hydrogen-bond acceptors (Lipinski definition) is 7. The van der Waals surface area contributed by atoms with Gasteiger partial charge in [-0.15, -0.1) is 0 Å². The number of carbonyl (C=O) groups excluding carboxylic acids is 1. The van der Waals surface area contributed by atoms with Gasteiger partial charge in [-0.1, -0.05) is 12.1 Å². The summed E-state index contributed by atoms with van der Waals surface area (Å²) in [6.45, 7) is 5.80. The summed E-state index contributed by atoms with van der Waals surface area (Å²) < 4.78 is 12.0. The Morgan fingerprint density at radius 1 is 1.06 bits per heavy atom. The molecule has 2 saturated heterocycles. The van der Waals surface area contributed by atoms with Gasteiger partial charge in [0.2, 0.25) is 5.91 Å². The summed E-state index contributed by atoms with van der Waals surface area (Å²) in [4.78, 5) is 25.2. The maximum atomic E-state index is 11.4. The summed E-state index contributed by atoms with van der Waals surface area (Å²) in [5, 5.41) is 0. The molecule has 2 aromatic rings. The minimum Gasteiger partial charge on any atom is -0.490 e. The van der Waals surface area contributed by atoms with Crippen LogP contribution in [0.5, 0.6) is 11.5 Å². The van der Waals surface area contributed by atoms with Gasteiger partial charge in [-0.3, -0.25) is 9.78 Å². The molecule has 166 valence electrons. The molecular formula is C23H31N5O3. The Hall–Kier alpha value is -3.03. The zero-order chi connectivity index (χ0) is 21.6. The number of para-hydroxylation sites is 2. The summed E-state index contributed by atoms with van der Waals surface area (Å²) in [5.41, 5.74) is 5.46. The number of benzene rings is 1. The smallest absolute Gasteiger partial charge is 0.220 e. The lowest BCUT2D eigenvalue weighted by Crippen LogP contribution is -2.42. The normalized spacial score (nSPS) is 19.8. The van der Waals surface area contributed by atoms with Crippen LogP contribution < -0.4 is 25.0 Å². The molecule has 0 radical (unpaired) electrons. The highest BCUT2D eigenvalue weighted by Gasteiger charge is 2.26.